The molecule has 2 unspecified atom stereocenters. The summed E-state index contributed by atoms with van der Waals surface area (Å²) in [6, 6.07) is 5.87. The van der Waals surface area contributed by atoms with Crippen molar-refractivity contribution in [2.24, 2.45) is 0 Å². The van der Waals surface area contributed by atoms with Gasteiger partial charge < -0.3 is 15.3 Å². The van der Waals surface area contributed by atoms with Crippen LogP contribution in [-0.2, 0) is 4.79 Å². The van der Waals surface area contributed by atoms with Crippen molar-refractivity contribution in [3.63, 3.8) is 0 Å². The van der Waals surface area contributed by atoms with E-state index in [1.54, 1.807) is 0 Å². The number of nitriles is 1. The molecule has 0 spiro atoms. The van der Waals surface area contributed by atoms with Crippen LogP contribution in [0.25, 0.3) is 0 Å². The average Bonchev–Trinajstić information content (AvgIpc) is 2.35. The second-order valence-electron chi connectivity index (χ2n) is 3.70. The number of carbonyl (C=O) groups excluding carboxylic acids is 1. The Morgan fingerprint density at radius 1 is 1.50 bits per heavy atom. The molecule has 1 aromatic carbocycles. The van der Waals surface area contributed by atoms with Crippen molar-refractivity contribution >= 4 is 16.9 Å². The molecule has 1 rings (SSSR count). The highest BCUT2D eigenvalue weighted by Crippen LogP contribution is 2.28. The van der Waals surface area contributed by atoms with Crippen molar-refractivity contribution in [3.05, 3.63) is 29.3 Å². The Morgan fingerprint density at radius 3 is 2.72 bits per heavy atom. The first-order chi connectivity index (χ1) is 8.45. The van der Waals surface area contributed by atoms with Gasteiger partial charge in [-0.05, 0) is 18.2 Å². The number of hydrogen-bond donors (Lipinski definition) is 3. The molecule has 0 aromatic heterocycles. The molecule has 0 fully saturated rings. The van der Waals surface area contributed by atoms with Gasteiger partial charge in [-0.15, -0.1) is 0 Å². The maximum atomic E-state index is 10.8. The maximum Gasteiger partial charge on any atom is 0.185 e. The fourth-order valence-electron chi connectivity index (χ4n) is 1.36. The van der Waals surface area contributed by atoms with E-state index < -0.39 is 12.2 Å². The van der Waals surface area contributed by atoms with E-state index in [9.17, 15) is 20.1 Å². The van der Waals surface area contributed by atoms with Crippen molar-refractivity contribution in [1.82, 2.24) is 0 Å². The van der Waals surface area contributed by atoms with Crippen LogP contribution >= 0.6 is 11.8 Å². The zero-order chi connectivity index (χ0) is 13.7. The second kappa shape index (κ2) is 6.40. The fraction of sp³-hybridized carbons (Fsp3) is 0.333. The van der Waals surface area contributed by atoms with Crippen molar-refractivity contribution < 1.29 is 20.1 Å². The third-order valence-corrected chi connectivity index (χ3v) is 3.21. The summed E-state index contributed by atoms with van der Waals surface area (Å²) in [5.74, 6) is -0.180. The molecule has 18 heavy (non-hydrogen) atoms. The minimum atomic E-state index is -1.34. The van der Waals surface area contributed by atoms with Crippen LogP contribution in [0.1, 0.15) is 24.2 Å². The van der Waals surface area contributed by atoms with E-state index in [1.807, 2.05) is 6.07 Å². The van der Waals surface area contributed by atoms with Crippen LogP contribution < -0.4 is 0 Å². The van der Waals surface area contributed by atoms with Crippen molar-refractivity contribution in [1.29, 1.82) is 5.26 Å². The second-order valence-corrected chi connectivity index (χ2v) is 4.90. The quantitative estimate of drug-likeness (QED) is 0.750. The molecule has 0 heterocycles. The van der Waals surface area contributed by atoms with Gasteiger partial charge >= 0.3 is 0 Å². The topological polar surface area (TPSA) is 102 Å². The third kappa shape index (κ3) is 3.74. The van der Waals surface area contributed by atoms with Gasteiger partial charge in [-0.3, -0.25) is 4.79 Å². The first kappa shape index (κ1) is 14.5. The van der Waals surface area contributed by atoms with E-state index in [0.29, 0.717) is 0 Å². The van der Waals surface area contributed by atoms with Gasteiger partial charge in [-0.2, -0.15) is 5.26 Å². The largest absolute Gasteiger partial charge is 0.508 e. The summed E-state index contributed by atoms with van der Waals surface area (Å²) in [6.07, 6.45) is -2.54. The Kier molecular flexibility index (Phi) is 5.16. The van der Waals surface area contributed by atoms with Crippen molar-refractivity contribution in [3.8, 4) is 11.8 Å². The molecule has 0 saturated carbocycles. The number of phenols is 1. The molecule has 96 valence electrons. The van der Waals surface area contributed by atoms with Crippen LogP contribution in [0.3, 0.4) is 0 Å². The number of aromatic hydroxyl groups is 1. The Balaban J connectivity index is 2.85. The third-order valence-electron chi connectivity index (χ3n) is 2.30. The molecule has 6 heteroatoms. The summed E-state index contributed by atoms with van der Waals surface area (Å²) in [4.78, 5) is 10.8. The number of hydrogen-bond acceptors (Lipinski definition) is 6. The van der Waals surface area contributed by atoms with Gasteiger partial charge in [-0.1, -0.05) is 11.8 Å². The summed E-state index contributed by atoms with van der Waals surface area (Å²) in [6.45, 7) is 1.36. The molecular formula is C12H13NO4S. The van der Waals surface area contributed by atoms with Gasteiger partial charge in [0.25, 0.3) is 0 Å². The molecule has 5 nitrogen and oxygen atoms in total. The molecule has 0 aliphatic heterocycles. The molecule has 0 saturated heterocycles. The summed E-state index contributed by atoms with van der Waals surface area (Å²) in [7, 11) is 0. The zero-order valence-corrected chi connectivity index (χ0v) is 10.5. The van der Waals surface area contributed by atoms with E-state index in [4.69, 9.17) is 5.26 Å². The number of thioether (sulfide) groups is 1. The minimum absolute atomic E-state index is 0.0206. The molecule has 0 radical (unpaired) electrons. The summed E-state index contributed by atoms with van der Waals surface area (Å²) in [5.41, 5.74) is 0.346. The van der Waals surface area contributed by atoms with Crippen LogP contribution in [0, 0.1) is 11.3 Å². The highest BCUT2D eigenvalue weighted by molar-refractivity contribution is 8.13. The lowest BCUT2D eigenvalue weighted by atomic mass is 10.0. The lowest BCUT2D eigenvalue weighted by Gasteiger charge is -2.18. The predicted octanol–water partition coefficient (Wildman–Crippen LogP) is 0.938. The predicted molar refractivity (Wildman–Crippen MR) is 66.9 cm³/mol. The molecule has 2 atom stereocenters. The van der Waals surface area contributed by atoms with E-state index in [-0.39, 0.29) is 27.7 Å². The fourth-order valence-corrected chi connectivity index (χ4v) is 1.95. The summed E-state index contributed by atoms with van der Waals surface area (Å²) in [5, 5.41) is 37.7. The Bertz CT molecular complexity index is 483. The molecule has 0 aliphatic carbocycles. The Morgan fingerprint density at radius 2 is 2.17 bits per heavy atom. The number of rotatable bonds is 4. The summed E-state index contributed by atoms with van der Waals surface area (Å²) >= 11 is 0.883. The zero-order valence-electron chi connectivity index (χ0n) is 9.70. The highest BCUT2D eigenvalue weighted by atomic mass is 32.2. The number of benzene rings is 1. The van der Waals surface area contributed by atoms with Crippen molar-refractivity contribution in [2.75, 3.05) is 5.75 Å². The Labute approximate surface area is 109 Å². The first-order valence-electron chi connectivity index (χ1n) is 5.18. The monoisotopic (exact) mass is 267 g/mol. The lowest BCUT2D eigenvalue weighted by Crippen LogP contribution is -2.21. The molecule has 3 N–H and O–H groups in total. The number of carbonyl (C=O) groups is 1. The molecule has 0 amide bonds. The smallest absolute Gasteiger partial charge is 0.185 e. The van der Waals surface area contributed by atoms with Crippen LogP contribution in [0.4, 0.5) is 0 Å². The lowest BCUT2D eigenvalue weighted by molar-refractivity contribution is -0.109. The van der Waals surface area contributed by atoms with Gasteiger partial charge in [0.1, 0.15) is 11.9 Å². The number of aliphatic hydroxyl groups is 2. The van der Waals surface area contributed by atoms with Gasteiger partial charge in [0.15, 0.2) is 5.12 Å². The van der Waals surface area contributed by atoms with Gasteiger partial charge in [0.05, 0.1) is 17.7 Å². The number of nitrogens with zero attached hydrogens (tertiary/aromatic N) is 1. The summed E-state index contributed by atoms with van der Waals surface area (Å²) < 4.78 is 0. The minimum Gasteiger partial charge on any atom is -0.508 e. The number of aliphatic hydroxyl groups excluding tert-OH is 2. The van der Waals surface area contributed by atoms with Crippen molar-refractivity contribution in [2.45, 2.75) is 19.1 Å². The molecule has 0 bridgehead atoms. The molecule has 1 aromatic rings. The van der Waals surface area contributed by atoms with Gasteiger partial charge in [0.2, 0.25) is 0 Å². The van der Waals surface area contributed by atoms with Crippen LogP contribution in [0.2, 0.25) is 0 Å². The van der Waals surface area contributed by atoms with Gasteiger partial charge in [-0.25, -0.2) is 0 Å². The van der Waals surface area contributed by atoms with E-state index in [2.05, 4.69) is 0 Å². The highest BCUT2D eigenvalue weighted by Gasteiger charge is 2.22. The molecular weight excluding hydrogens is 254 g/mol. The standard InChI is InChI=1S/C12H13NO4S/c1-7(14)18-6-11(16)12(17)9-4-8(5-13)2-3-10(9)15/h2-4,11-12,15-17H,6H2,1H3. The number of phenolic OH excluding ortho intramolecular Hbond substituents is 1. The average molecular weight is 267 g/mol. The van der Waals surface area contributed by atoms with Crippen LogP contribution in [0.15, 0.2) is 18.2 Å². The normalized spacial score (nSPS) is 13.7. The van der Waals surface area contributed by atoms with E-state index >= 15 is 0 Å². The van der Waals surface area contributed by atoms with Crippen LogP contribution in [0.5, 0.6) is 5.75 Å². The van der Waals surface area contributed by atoms with Gasteiger partial charge in [0, 0.05) is 18.2 Å². The van der Waals surface area contributed by atoms with E-state index in [0.717, 1.165) is 11.8 Å². The maximum absolute atomic E-state index is 10.8. The van der Waals surface area contributed by atoms with E-state index in [1.165, 1.54) is 25.1 Å². The first-order valence-corrected chi connectivity index (χ1v) is 6.16. The van der Waals surface area contributed by atoms with Crippen LogP contribution in [-0.4, -0.2) is 32.3 Å². The Hall–Kier alpha value is -1.55. The SMILES string of the molecule is CC(=O)SCC(O)C(O)c1cc(C#N)ccc1O. The molecule has 0 aliphatic rings.